The number of amides is 1. The molecule has 5 nitrogen and oxygen atoms in total. The van der Waals surface area contributed by atoms with Crippen molar-refractivity contribution in [2.45, 2.75) is 53.6 Å². The quantitative estimate of drug-likeness (QED) is 0.651. The second-order valence-electron chi connectivity index (χ2n) is 8.07. The van der Waals surface area contributed by atoms with Crippen molar-refractivity contribution in [2.75, 3.05) is 18.0 Å². The number of aliphatic hydroxyl groups is 1. The molecule has 1 aliphatic rings. The van der Waals surface area contributed by atoms with Crippen LogP contribution in [-0.2, 0) is 16.1 Å². The number of carbonyl (C=O) groups is 2. The maximum absolute atomic E-state index is 13.0. The van der Waals surface area contributed by atoms with E-state index < -0.39 is 17.7 Å². The number of hydrogen-bond donors (Lipinski definition) is 1. The smallest absolute Gasteiger partial charge is 0.290 e. The van der Waals surface area contributed by atoms with Gasteiger partial charge < -0.3 is 14.9 Å². The summed E-state index contributed by atoms with van der Waals surface area (Å²) >= 11 is 0. The van der Waals surface area contributed by atoms with Crippen LogP contribution < -0.4 is 4.90 Å². The lowest BCUT2D eigenvalue weighted by Gasteiger charge is -2.28. The van der Waals surface area contributed by atoms with E-state index in [1.54, 1.807) is 11.8 Å². The van der Waals surface area contributed by atoms with Gasteiger partial charge in [0, 0.05) is 31.7 Å². The number of aliphatic hydroxyl groups excluding tert-OH is 1. The summed E-state index contributed by atoms with van der Waals surface area (Å²) in [4.78, 5) is 29.6. The van der Waals surface area contributed by atoms with E-state index in [4.69, 9.17) is 0 Å². The highest BCUT2D eigenvalue weighted by Gasteiger charge is 2.43. The third kappa shape index (κ3) is 4.36. The van der Waals surface area contributed by atoms with E-state index in [1.165, 1.54) is 0 Å². The molecule has 1 atom stereocenters. The zero-order valence-electron chi connectivity index (χ0n) is 19.1. The van der Waals surface area contributed by atoms with Crippen LogP contribution in [0.5, 0.6) is 0 Å². The molecule has 1 heterocycles. The van der Waals surface area contributed by atoms with E-state index in [2.05, 4.69) is 24.8 Å². The molecule has 1 aliphatic heterocycles. The minimum absolute atomic E-state index is 0.202. The normalized spacial score (nSPS) is 16.2. The molecule has 3 rings (SSSR count). The molecule has 164 valence electrons. The fourth-order valence-electron chi connectivity index (χ4n) is 4.25. The minimum Gasteiger partial charge on any atom is -0.503 e. The Bertz CT molecular complexity index is 1000. The molecule has 1 N–H and O–H groups in total. The van der Waals surface area contributed by atoms with Crippen molar-refractivity contribution in [1.29, 1.82) is 0 Å². The third-order valence-electron chi connectivity index (χ3n) is 6.11. The van der Waals surface area contributed by atoms with Gasteiger partial charge in [0.25, 0.3) is 5.91 Å². The van der Waals surface area contributed by atoms with Gasteiger partial charge in [-0.15, -0.1) is 0 Å². The Balaban J connectivity index is 2.05. The van der Waals surface area contributed by atoms with E-state index in [-0.39, 0.29) is 17.8 Å². The molecule has 5 heteroatoms. The first-order valence-corrected chi connectivity index (χ1v) is 11.0. The lowest BCUT2D eigenvalue weighted by molar-refractivity contribution is -0.130. The van der Waals surface area contributed by atoms with Crippen LogP contribution >= 0.6 is 0 Å². The van der Waals surface area contributed by atoms with Crippen molar-refractivity contribution >= 4 is 17.4 Å². The average Bonchev–Trinajstić information content (AvgIpc) is 3.02. The van der Waals surface area contributed by atoms with E-state index in [0.717, 1.165) is 41.0 Å². The first-order valence-electron chi connectivity index (χ1n) is 11.0. The molecule has 0 spiro atoms. The highest BCUT2D eigenvalue weighted by Crippen LogP contribution is 2.40. The van der Waals surface area contributed by atoms with Crippen molar-refractivity contribution in [3.05, 3.63) is 76.1 Å². The summed E-state index contributed by atoms with van der Waals surface area (Å²) in [6, 6.07) is 13.5. The van der Waals surface area contributed by atoms with E-state index >= 15 is 0 Å². The highest BCUT2D eigenvalue weighted by atomic mass is 16.3. The van der Waals surface area contributed by atoms with Gasteiger partial charge in [-0.3, -0.25) is 9.59 Å². The molecule has 0 saturated carbocycles. The minimum atomic E-state index is -0.592. The van der Waals surface area contributed by atoms with Crippen molar-refractivity contribution in [1.82, 2.24) is 4.90 Å². The number of ketones is 1. The second-order valence-corrected chi connectivity index (χ2v) is 8.07. The number of nitrogens with zero attached hydrogens (tertiary/aromatic N) is 2. The predicted molar refractivity (Wildman–Crippen MR) is 124 cm³/mol. The van der Waals surface area contributed by atoms with Gasteiger partial charge in [0.1, 0.15) is 0 Å². The molecule has 2 aromatic rings. The summed E-state index contributed by atoms with van der Waals surface area (Å²) in [6.07, 6.45) is 0.234. The van der Waals surface area contributed by atoms with Gasteiger partial charge in [-0.25, -0.2) is 0 Å². The van der Waals surface area contributed by atoms with Crippen LogP contribution in [0.25, 0.3) is 0 Å². The van der Waals surface area contributed by atoms with Crippen LogP contribution in [0.3, 0.4) is 0 Å². The highest BCUT2D eigenvalue weighted by molar-refractivity contribution is 6.08. The largest absolute Gasteiger partial charge is 0.503 e. The maximum Gasteiger partial charge on any atom is 0.290 e. The van der Waals surface area contributed by atoms with Gasteiger partial charge in [-0.2, -0.15) is 0 Å². The van der Waals surface area contributed by atoms with E-state index in [9.17, 15) is 14.7 Å². The van der Waals surface area contributed by atoms with Crippen LogP contribution in [0.15, 0.2) is 53.8 Å². The fraction of sp³-hybridized carbons (Fsp3) is 0.385. The summed E-state index contributed by atoms with van der Waals surface area (Å²) in [6.45, 7) is 12.1. The molecule has 0 aromatic heterocycles. The Morgan fingerprint density at radius 3 is 2.26 bits per heavy atom. The number of Topliss-reactive ketones (excluding diaryl/α,β-unsaturated/α-hetero) is 1. The zero-order valence-corrected chi connectivity index (χ0v) is 19.1. The van der Waals surface area contributed by atoms with Crippen molar-refractivity contribution in [3.63, 3.8) is 0 Å². The Morgan fingerprint density at radius 2 is 1.68 bits per heavy atom. The van der Waals surface area contributed by atoms with Crippen LogP contribution in [0, 0.1) is 13.8 Å². The van der Waals surface area contributed by atoms with Gasteiger partial charge in [0.15, 0.2) is 11.5 Å². The molecule has 31 heavy (non-hydrogen) atoms. The number of benzene rings is 2. The first-order chi connectivity index (χ1) is 14.8. The molecule has 2 aromatic carbocycles. The third-order valence-corrected chi connectivity index (χ3v) is 6.11. The SMILES string of the molecule is CCC(=O)C1=C(O)C(=O)N(Cc2cc(C)ccc2C)C1c1ccc(N(CC)CC)cc1. The van der Waals surface area contributed by atoms with Crippen LogP contribution in [0.2, 0.25) is 0 Å². The first kappa shape index (κ1) is 22.6. The van der Waals surface area contributed by atoms with E-state index in [0.29, 0.717) is 6.54 Å². The lowest BCUT2D eigenvalue weighted by Crippen LogP contribution is -2.31. The van der Waals surface area contributed by atoms with Crippen molar-refractivity contribution < 1.29 is 14.7 Å². The summed E-state index contributed by atoms with van der Waals surface area (Å²) in [5, 5.41) is 10.6. The predicted octanol–water partition coefficient (Wildman–Crippen LogP) is 5.02. The molecular weight excluding hydrogens is 388 g/mol. The molecule has 1 unspecified atom stereocenters. The topological polar surface area (TPSA) is 60.9 Å². The van der Waals surface area contributed by atoms with Crippen LogP contribution in [0.4, 0.5) is 5.69 Å². The van der Waals surface area contributed by atoms with Gasteiger partial charge in [0.2, 0.25) is 0 Å². The van der Waals surface area contributed by atoms with Crippen LogP contribution in [-0.4, -0.2) is 34.8 Å². The Hall–Kier alpha value is -3.08. The maximum atomic E-state index is 13.0. The summed E-state index contributed by atoms with van der Waals surface area (Å²) in [7, 11) is 0. The van der Waals surface area contributed by atoms with Crippen LogP contribution in [0.1, 0.15) is 55.5 Å². The number of anilines is 1. The zero-order chi connectivity index (χ0) is 22.7. The molecule has 0 aliphatic carbocycles. The molecule has 0 bridgehead atoms. The molecule has 1 amide bonds. The number of aryl methyl sites for hydroxylation is 2. The molecule has 0 radical (unpaired) electrons. The van der Waals surface area contributed by atoms with Gasteiger partial charge in [-0.05, 0) is 56.5 Å². The monoisotopic (exact) mass is 420 g/mol. The standard InChI is InChI=1S/C26H32N2O3/c1-6-22(29)23-24(19-11-13-21(14-12-19)27(7-2)8-3)28(26(31)25(23)30)16-20-15-17(4)9-10-18(20)5/h9-15,24,30H,6-8,16H2,1-5H3. The second kappa shape index (κ2) is 9.38. The summed E-state index contributed by atoms with van der Waals surface area (Å²) in [5.74, 6) is -1.11. The Labute approximate surface area is 185 Å². The Morgan fingerprint density at radius 1 is 1.03 bits per heavy atom. The van der Waals surface area contributed by atoms with E-state index in [1.807, 2.05) is 50.2 Å². The Kier molecular flexibility index (Phi) is 6.84. The number of rotatable bonds is 8. The molecule has 0 fully saturated rings. The average molecular weight is 421 g/mol. The summed E-state index contributed by atoms with van der Waals surface area (Å²) < 4.78 is 0. The molecule has 0 saturated heterocycles. The van der Waals surface area contributed by atoms with Crippen molar-refractivity contribution in [2.24, 2.45) is 0 Å². The molecular formula is C26H32N2O3. The van der Waals surface area contributed by atoms with Crippen molar-refractivity contribution in [3.8, 4) is 0 Å². The van der Waals surface area contributed by atoms with Gasteiger partial charge >= 0.3 is 0 Å². The van der Waals surface area contributed by atoms with Gasteiger partial charge in [-0.1, -0.05) is 42.8 Å². The fourth-order valence-corrected chi connectivity index (χ4v) is 4.25. The lowest BCUT2D eigenvalue weighted by atomic mass is 9.94. The number of carbonyl (C=O) groups excluding carboxylic acids is 2. The summed E-state index contributed by atoms with van der Waals surface area (Å²) in [5.41, 5.74) is 5.31. The van der Waals surface area contributed by atoms with Gasteiger partial charge in [0.05, 0.1) is 11.6 Å². The number of hydrogen-bond acceptors (Lipinski definition) is 4.